The van der Waals surface area contributed by atoms with Gasteiger partial charge in [-0.3, -0.25) is 9.59 Å². The SMILES string of the molecule is CC(C)(C)OC(=O)NCCOc1ccc(C=CC(=O)CC(=O)C=Cc2ccc(OCCNC(=O)OC(C)(C)C)c3ccccc23)c2ccccc12. The summed E-state index contributed by atoms with van der Waals surface area (Å²) in [5.41, 5.74) is 0.440. The van der Waals surface area contributed by atoms with Gasteiger partial charge in [0.15, 0.2) is 11.6 Å². The molecule has 2 N–H and O–H groups in total. The van der Waals surface area contributed by atoms with Crippen molar-refractivity contribution >= 4 is 57.4 Å². The van der Waals surface area contributed by atoms with Gasteiger partial charge < -0.3 is 29.6 Å². The second kappa shape index (κ2) is 17.3. The van der Waals surface area contributed by atoms with E-state index in [1.54, 1.807) is 53.7 Å². The second-order valence-electron chi connectivity index (χ2n) is 13.7. The first-order valence-electron chi connectivity index (χ1n) is 16.8. The third kappa shape index (κ3) is 12.3. The van der Waals surface area contributed by atoms with Gasteiger partial charge in [-0.05, 0) is 87.7 Å². The minimum atomic E-state index is -0.582. The number of hydrogen-bond acceptors (Lipinski definition) is 8. The molecule has 0 aliphatic carbocycles. The highest BCUT2D eigenvalue weighted by Gasteiger charge is 2.17. The highest BCUT2D eigenvalue weighted by Crippen LogP contribution is 2.30. The van der Waals surface area contributed by atoms with E-state index in [-0.39, 0.29) is 44.3 Å². The molecule has 4 aromatic rings. The Morgan fingerprint density at radius 2 is 0.922 bits per heavy atom. The molecule has 10 nitrogen and oxygen atoms in total. The van der Waals surface area contributed by atoms with Crippen molar-refractivity contribution in [2.75, 3.05) is 26.3 Å². The average molecular weight is 695 g/mol. The molecule has 0 saturated carbocycles. The summed E-state index contributed by atoms with van der Waals surface area (Å²) in [6, 6.07) is 22.6. The van der Waals surface area contributed by atoms with Gasteiger partial charge in [0.25, 0.3) is 0 Å². The summed E-state index contributed by atoms with van der Waals surface area (Å²) >= 11 is 0. The predicted octanol–water partition coefficient (Wildman–Crippen LogP) is 8.05. The van der Waals surface area contributed by atoms with Crippen LogP contribution < -0.4 is 20.1 Å². The Kier molecular flexibility index (Phi) is 13.0. The van der Waals surface area contributed by atoms with E-state index in [2.05, 4.69) is 10.6 Å². The van der Waals surface area contributed by atoms with Crippen LogP contribution in [-0.4, -0.2) is 61.3 Å². The lowest BCUT2D eigenvalue weighted by atomic mass is 10.0. The Morgan fingerprint density at radius 3 is 1.29 bits per heavy atom. The number of carbonyl (C=O) groups excluding carboxylic acids is 4. The molecule has 0 spiro atoms. The summed E-state index contributed by atoms with van der Waals surface area (Å²) in [5, 5.41) is 8.81. The van der Waals surface area contributed by atoms with E-state index in [4.69, 9.17) is 18.9 Å². The quantitative estimate of drug-likeness (QED) is 0.0771. The summed E-state index contributed by atoms with van der Waals surface area (Å²) in [7, 11) is 0. The summed E-state index contributed by atoms with van der Waals surface area (Å²) in [5.74, 6) is 0.636. The largest absolute Gasteiger partial charge is 0.491 e. The zero-order valence-corrected chi connectivity index (χ0v) is 30.0. The number of nitrogens with one attached hydrogen (secondary N) is 2. The van der Waals surface area contributed by atoms with Crippen LogP contribution in [0.5, 0.6) is 11.5 Å². The van der Waals surface area contributed by atoms with Crippen molar-refractivity contribution in [3.8, 4) is 11.5 Å². The van der Waals surface area contributed by atoms with Gasteiger partial charge in [0.1, 0.15) is 35.9 Å². The molecule has 0 unspecified atom stereocenters. The summed E-state index contributed by atoms with van der Waals surface area (Å²) in [4.78, 5) is 49.4. The Bertz CT molecular complexity index is 1790. The molecule has 51 heavy (non-hydrogen) atoms. The monoisotopic (exact) mass is 694 g/mol. The molecule has 10 heteroatoms. The van der Waals surface area contributed by atoms with Crippen molar-refractivity contribution in [3.63, 3.8) is 0 Å². The van der Waals surface area contributed by atoms with Gasteiger partial charge in [0.2, 0.25) is 0 Å². The van der Waals surface area contributed by atoms with Crippen LogP contribution in [-0.2, 0) is 19.1 Å². The maximum atomic E-state index is 12.8. The Hall–Kier alpha value is -5.64. The van der Waals surface area contributed by atoms with Crippen LogP contribution in [0.25, 0.3) is 33.7 Å². The average Bonchev–Trinajstić information content (AvgIpc) is 3.05. The van der Waals surface area contributed by atoms with E-state index in [1.165, 1.54) is 12.2 Å². The number of carbonyl (C=O) groups is 4. The number of ether oxygens (including phenoxy) is 4. The molecule has 4 aromatic carbocycles. The molecule has 0 fully saturated rings. The van der Waals surface area contributed by atoms with Gasteiger partial charge in [-0.15, -0.1) is 0 Å². The number of alkyl carbamates (subject to hydrolysis) is 2. The number of benzene rings is 4. The topological polar surface area (TPSA) is 129 Å². The fourth-order valence-electron chi connectivity index (χ4n) is 5.04. The van der Waals surface area contributed by atoms with Crippen LogP contribution in [0.15, 0.2) is 84.9 Å². The van der Waals surface area contributed by atoms with Crippen molar-refractivity contribution in [1.82, 2.24) is 10.6 Å². The van der Waals surface area contributed by atoms with Crippen LogP contribution >= 0.6 is 0 Å². The van der Waals surface area contributed by atoms with E-state index in [1.807, 2.05) is 72.8 Å². The van der Waals surface area contributed by atoms with Crippen molar-refractivity contribution in [2.45, 2.75) is 59.2 Å². The van der Waals surface area contributed by atoms with Crippen LogP contribution in [0.3, 0.4) is 0 Å². The lowest BCUT2D eigenvalue weighted by Gasteiger charge is -2.19. The minimum absolute atomic E-state index is 0.245. The van der Waals surface area contributed by atoms with E-state index >= 15 is 0 Å². The van der Waals surface area contributed by atoms with E-state index in [0.29, 0.717) is 11.5 Å². The van der Waals surface area contributed by atoms with Crippen molar-refractivity contribution in [2.24, 2.45) is 0 Å². The summed E-state index contributed by atoms with van der Waals surface area (Å²) in [6.07, 6.45) is 4.94. The molecule has 0 aliphatic rings. The van der Waals surface area contributed by atoms with Crippen molar-refractivity contribution in [3.05, 3.63) is 96.1 Å². The second-order valence-corrected chi connectivity index (χ2v) is 13.7. The zero-order valence-electron chi connectivity index (χ0n) is 30.0. The van der Waals surface area contributed by atoms with Crippen LogP contribution in [0.4, 0.5) is 9.59 Å². The van der Waals surface area contributed by atoms with E-state index < -0.39 is 23.4 Å². The summed E-state index contributed by atoms with van der Waals surface area (Å²) in [6.45, 7) is 11.8. The van der Waals surface area contributed by atoms with E-state index in [0.717, 1.165) is 32.7 Å². The molecule has 0 atom stereocenters. The molecule has 0 radical (unpaired) electrons. The normalized spacial score (nSPS) is 11.9. The maximum absolute atomic E-state index is 12.8. The Balaban J connectivity index is 1.33. The first kappa shape index (κ1) is 38.2. The van der Waals surface area contributed by atoms with Gasteiger partial charge >= 0.3 is 12.2 Å². The molecule has 0 heterocycles. The van der Waals surface area contributed by atoms with Gasteiger partial charge in [-0.1, -0.05) is 72.8 Å². The lowest BCUT2D eigenvalue weighted by Crippen LogP contribution is -2.34. The number of allylic oxidation sites excluding steroid dienone is 2. The zero-order chi connectivity index (χ0) is 37.0. The fraction of sp³-hybridized carbons (Fsp3) is 0.317. The molecule has 0 bridgehead atoms. The van der Waals surface area contributed by atoms with Gasteiger partial charge in [-0.2, -0.15) is 0 Å². The standard InChI is InChI=1S/C41H46N2O8/c1-40(2,3)50-38(46)42-23-25-48-36-21-17-28(32-11-7-9-13-34(32)36)15-19-30(44)27-31(45)20-16-29-18-22-37(35-14-10-8-12-33(29)35)49-26-24-43-39(47)51-41(4,5)6/h7-22H,23-27H2,1-6H3,(H,42,46)(H,43,47). The molecule has 0 aromatic heterocycles. The summed E-state index contributed by atoms with van der Waals surface area (Å²) < 4.78 is 22.4. The Morgan fingerprint density at radius 1 is 0.549 bits per heavy atom. The molecular weight excluding hydrogens is 648 g/mol. The van der Waals surface area contributed by atoms with Gasteiger partial charge in [0.05, 0.1) is 19.5 Å². The number of rotatable bonds is 14. The van der Waals surface area contributed by atoms with Crippen molar-refractivity contribution in [1.29, 1.82) is 0 Å². The molecule has 0 aliphatic heterocycles. The first-order chi connectivity index (χ1) is 24.2. The third-order valence-electron chi connectivity index (χ3n) is 7.14. The molecule has 4 rings (SSSR count). The lowest BCUT2D eigenvalue weighted by molar-refractivity contribution is -0.121. The smallest absolute Gasteiger partial charge is 0.407 e. The van der Waals surface area contributed by atoms with Gasteiger partial charge in [0, 0.05) is 10.8 Å². The highest BCUT2D eigenvalue weighted by molar-refractivity contribution is 6.12. The van der Waals surface area contributed by atoms with Gasteiger partial charge in [-0.25, -0.2) is 9.59 Å². The van der Waals surface area contributed by atoms with Crippen molar-refractivity contribution < 1.29 is 38.1 Å². The van der Waals surface area contributed by atoms with E-state index in [9.17, 15) is 19.2 Å². The highest BCUT2D eigenvalue weighted by atomic mass is 16.6. The number of hydrogen-bond donors (Lipinski definition) is 2. The van der Waals surface area contributed by atoms with Crippen LogP contribution in [0.1, 0.15) is 59.1 Å². The fourth-order valence-corrected chi connectivity index (χ4v) is 5.04. The first-order valence-corrected chi connectivity index (χ1v) is 16.8. The van der Waals surface area contributed by atoms with Crippen LogP contribution in [0, 0.1) is 0 Å². The molecule has 2 amide bonds. The molecular formula is C41H46N2O8. The molecule has 268 valence electrons. The Labute approximate surface area is 298 Å². The molecule has 0 saturated heterocycles. The van der Waals surface area contributed by atoms with Crippen LogP contribution in [0.2, 0.25) is 0 Å². The predicted molar refractivity (Wildman–Crippen MR) is 200 cm³/mol. The number of fused-ring (bicyclic) bond motifs is 2. The number of ketones is 2. The number of amides is 2. The third-order valence-corrected chi connectivity index (χ3v) is 7.14. The minimum Gasteiger partial charge on any atom is -0.491 e. The maximum Gasteiger partial charge on any atom is 0.407 e.